The molecule has 0 heterocycles. The predicted molar refractivity (Wildman–Crippen MR) is 353 cm³/mol. The lowest BCUT2D eigenvalue weighted by atomic mass is 9.68. The molecule has 35 rings (SSSR count). The first-order valence-corrected chi connectivity index (χ1v) is 31.7. The maximum Gasteiger partial charge on any atom is 0.220 e. The summed E-state index contributed by atoms with van der Waals surface area (Å²) in [6, 6.07) is 22.0. The third-order valence-electron chi connectivity index (χ3n) is 29.2. The Kier molecular flexibility index (Phi) is 3.73. The van der Waals surface area contributed by atoms with Crippen molar-refractivity contribution in [2.75, 3.05) is 19.8 Å². The molecule has 0 atom stereocenters. The van der Waals surface area contributed by atoms with Crippen LogP contribution in [0.4, 0.5) is 0 Å². The lowest BCUT2D eigenvalue weighted by Gasteiger charge is -2.32. The summed E-state index contributed by atoms with van der Waals surface area (Å²) in [6.45, 7) is -1.60. The second kappa shape index (κ2) is 8.87. The minimum Gasteiger partial charge on any atom is -0.394 e. The van der Waals surface area contributed by atoms with Crippen LogP contribution in [0, 0.1) is 0 Å². The van der Waals surface area contributed by atoms with Crippen molar-refractivity contribution in [3.63, 3.8) is 0 Å². The molecule has 378 valence electrons. The van der Waals surface area contributed by atoms with Gasteiger partial charge in [0, 0.05) is 6.42 Å². The van der Waals surface area contributed by atoms with E-state index >= 15 is 0 Å². The summed E-state index contributed by atoms with van der Waals surface area (Å²) in [4.78, 5) is 13.4. The maximum atomic E-state index is 13.4. The van der Waals surface area contributed by atoms with Gasteiger partial charge in [0.15, 0.2) is 0 Å². The van der Waals surface area contributed by atoms with Gasteiger partial charge >= 0.3 is 0 Å². The number of nitrogens with one attached hydrogen (secondary N) is 1. The van der Waals surface area contributed by atoms with Crippen LogP contribution in [0.3, 0.4) is 0 Å². The van der Waals surface area contributed by atoms with E-state index in [9.17, 15) is 20.1 Å². The highest BCUT2D eigenvalue weighted by Gasteiger charge is 2.95. The molecule has 4 N–H and O–H groups in total. The Morgan fingerprint density at radius 2 is 0.512 bits per heavy atom. The molecule has 0 saturated heterocycles. The van der Waals surface area contributed by atoms with Crippen molar-refractivity contribution >= 4 is 297 Å². The lowest BCUT2D eigenvalue weighted by molar-refractivity contribution is -0.125. The smallest absolute Gasteiger partial charge is 0.220 e. The molecule has 2 spiro atoms. The van der Waals surface area contributed by atoms with Crippen LogP contribution >= 0.6 is 0 Å². The molecule has 0 aliphatic heterocycles. The van der Waals surface area contributed by atoms with E-state index in [1.165, 1.54) is 16.7 Å². The number of carbonyl (C=O) groups is 1. The molecule has 5 aliphatic carbocycles. The van der Waals surface area contributed by atoms with Crippen LogP contribution in [0.25, 0.3) is 291 Å². The summed E-state index contributed by atoms with van der Waals surface area (Å²) in [6.07, 6.45) is 1.53. The largest absolute Gasteiger partial charge is 0.394 e. The molecule has 5 heteroatoms. The molecule has 1 saturated carbocycles. The van der Waals surface area contributed by atoms with Gasteiger partial charge in [-0.25, -0.2) is 0 Å². The molecule has 0 bridgehead atoms. The summed E-state index contributed by atoms with van der Waals surface area (Å²) in [7, 11) is 0. The van der Waals surface area contributed by atoms with Crippen LogP contribution in [-0.4, -0.2) is 46.6 Å². The second-order valence-electron chi connectivity index (χ2n) is 30.2. The van der Waals surface area contributed by atoms with Crippen molar-refractivity contribution in [1.82, 2.24) is 5.32 Å². The van der Waals surface area contributed by atoms with Gasteiger partial charge in [-0.3, -0.25) is 4.79 Å². The van der Waals surface area contributed by atoms with Gasteiger partial charge in [-0.05, 0) is 343 Å². The zero-order chi connectivity index (χ0) is 53.1. The minimum atomic E-state index is -1.44. The summed E-state index contributed by atoms with van der Waals surface area (Å²) >= 11 is 0. The van der Waals surface area contributed by atoms with Gasteiger partial charge in [0.05, 0.1) is 36.1 Å². The van der Waals surface area contributed by atoms with E-state index in [-0.39, 0.29) is 12.3 Å². The number of hydrogen-bond acceptors (Lipinski definition) is 4. The number of carbonyl (C=O) groups excluding carboxylic acids is 1. The molecule has 0 aromatic heterocycles. The molecule has 0 unspecified atom stereocenters. The fourth-order valence-electron chi connectivity index (χ4n) is 28.3. The predicted octanol–water partition coefficient (Wildman–Crippen LogP) is 17.4. The van der Waals surface area contributed by atoms with Gasteiger partial charge in [0.2, 0.25) is 5.91 Å². The van der Waals surface area contributed by atoms with Crippen LogP contribution in [-0.2, 0) is 27.5 Å². The third kappa shape index (κ3) is 2.16. The molecule has 86 heavy (non-hydrogen) atoms. The first kappa shape index (κ1) is 36.2. The van der Waals surface area contributed by atoms with E-state index in [2.05, 4.69) is 59.9 Å². The first-order chi connectivity index (χ1) is 42.6. The fourth-order valence-corrected chi connectivity index (χ4v) is 28.3. The highest BCUT2D eigenvalue weighted by atomic mass is 16.3. The number of hydrogen-bond donors (Lipinski definition) is 4. The minimum absolute atomic E-state index is 0.224. The highest BCUT2D eigenvalue weighted by molar-refractivity contribution is 6.82. The van der Waals surface area contributed by atoms with Crippen LogP contribution in [0.2, 0.25) is 0 Å². The third-order valence-corrected chi connectivity index (χ3v) is 29.2. The Morgan fingerprint density at radius 1 is 0.291 bits per heavy atom. The normalized spacial score (nSPS) is 22.1. The van der Waals surface area contributed by atoms with Crippen molar-refractivity contribution in [3.8, 4) is 0 Å². The van der Waals surface area contributed by atoms with Crippen LogP contribution in [0.15, 0.2) is 54.6 Å². The summed E-state index contributed by atoms with van der Waals surface area (Å²) in [5, 5.41) is 120. The number of aliphatic hydroxyl groups is 3. The molecule has 30 aromatic rings. The highest BCUT2D eigenvalue weighted by Crippen LogP contribution is 2.97. The van der Waals surface area contributed by atoms with E-state index in [0.29, 0.717) is 12.8 Å². The van der Waals surface area contributed by atoms with E-state index in [1.807, 2.05) is 0 Å². The van der Waals surface area contributed by atoms with Crippen LogP contribution < -0.4 is 5.32 Å². The number of rotatable bonds is 10. The average molecular weight is 1080 g/mol. The molecular formula is C81H25NO4. The lowest BCUT2D eigenvalue weighted by Crippen LogP contribution is -2.57. The Morgan fingerprint density at radius 3 is 0.744 bits per heavy atom. The van der Waals surface area contributed by atoms with E-state index < -0.39 is 41.6 Å². The van der Waals surface area contributed by atoms with Gasteiger partial charge in [-0.2, -0.15) is 0 Å². The number of amides is 1. The van der Waals surface area contributed by atoms with Gasteiger partial charge in [-0.1, -0.05) is 54.6 Å². The Bertz CT molecular complexity index is 7570. The van der Waals surface area contributed by atoms with Crippen LogP contribution in [0.1, 0.15) is 51.8 Å². The number of aryl methyl sites for hydroxylation is 1. The number of benzene rings is 20. The molecule has 30 aromatic carbocycles. The van der Waals surface area contributed by atoms with Crippen LogP contribution in [0.5, 0.6) is 0 Å². The monoisotopic (exact) mass is 1080 g/mol. The molecule has 5 nitrogen and oxygen atoms in total. The molecule has 0 radical (unpaired) electrons. The molecule has 1 fully saturated rings. The second-order valence-corrected chi connectivity index (χ2v) is 30.2. The zero-order valence-electron chi connectivity index (χ0n) is 44.7. The summed E-state index contributed by atoms with van der Waals surface area (Å²) in [5.41, 5.74) is 7.82. The Hall–Kier alpha value is -9.75. The van der Waals surface area contributed by atoms with Gasteiger partial charge in [0.25, 0.3) is 0 Å². The summed E-state index contributed by atoms with van der Waals surface area (Å²) < 4.78 is 0. The quantitative estimate of drug-likeness (QED) is 0.103. The number of aliphatic hydroxyl groups excluding tert-OH is 3. The van der Waals surface area contributed by atoms with Crippen molar-refractivity contribution in [3.05, 3.63) is 93.5 Å². The molecule has 5 aliphatic rings. The first-order valence-electron chi connectivity index (χ1n) is 31.7. The zero-order valence-corrected chi connectivity index (χ0v) is 44.7. The van der Waals surface area contributed by atoms with Crippen molar-refractivity contribution < 1.29 is 20.1 Å². The molecular weight excluding hydrogens is 1050 g/mol. The van der Waals surface area contributed by atoms with Gasteiger partial charge < -0.3 is 20.6 Å². The summed E-state index contributed by atoms with van der Waals surface area (Å²) in [5.74, 6) is -0.278. The van der Waals surface area contributed by atoms with Crippen molar-refractivity contribution in [1.29, 1.82) is 0 Å². The van der Waals surface area contributed by atoms with E-state index in [1.54, 1.807) is 313 Å². The van der Waals surface area contributed by atoms with Crippen molar-refractivity contribution in [2.45, 2.75) is 41.0 Å². The van der Waals surface area contributed by atoms with Gasteiger partial charge in [0.1, 0.15) is 5.54 Å². The SMILES string of the molecule is O=C(CCCc1ccc(C2(c3ccccc3)C34c5c6c7c8c9c%10c(c%11c%12c3c3c5c5c%13c6c6c7c7c9c9c%14c%10c%10c%11c%11c%12c%12c3c3c5c5c%13c%13c6c6c7c9c7c9c%14c%10c%10c%11c%11c%12c3c3c5c5c%13c6c7c6c9c%10c%11c3c56)C824)cc1)NC(CO)(CO)CO. The fraction of sp³-hybridized carbons (Fsp3) is 0.123. The Labute approximate surface area is 473 Å². The topological polar surface area (TPSA) is 89.8 Å². The molecule has 1 amide bonds. The maximum absolute atomic E-state index is 13.4. The van der Waals surface area contributed by atoms with E-state index in [4.69, 9.17) is 0 Å². The standard InChI is InChI=1S/C81H25NO4/c83-13-78(14-84,15-85)82-19(86)8-4-5-16-9-11-18(12-10-16)79(17-6-2-1-3-7-17)80-74-66-58-48-38-30-22-20-21-24-28-26(22)34-42-36(28)46-40-32(24)33-25(21)29-27-23(20)31(30)39-45-35(27)43-37(29)47-41(33)51-50(40)60-54(46)64-56(42)62(52(58)44(34)38)70(74)72(64)76-68(60)69-61(51)55(47)65-57(43)63-53(45)59(49(39)48)67(66)75(80)71(63)73(65)77(69)81(76,79)80/h1-3,6-7,9-12,83-85H,4-5,8,13-15H2,(H,82,86). The average Bonchev–Trinajstić information content (AvgIpc) is 1.36. The Balaban J connectivity index is 0.884. The van der Waals surface area contributed by atoms with E-state index in [0.717, 1.165) is 0 Å². The van der Waals surface area contributed by atoms with Crippen molar-refractivity contribution in [2.24, 2.45) is 0 Å². The van der Waals surface area contributed by atoms with Gasteiger partial charge in [-0.15, -0.1) is 0 Å².